The number of rotatable bonds is 11. The zero-order valence-corrected chi connectivity index (χ0v) is 18.9. The summed E-state index contributed by atoms with van der Waals surface area (Å²) < 4.78 is 5.02. The van der Waals surface area contributed by atoms with Crippen LogP contribution in [0.1, 0.15) is 53.8 Å². The highest BCUT2D eigenvalue weighted by atomic mass is 35.5. The van der Waals surface area contributed by atoms with Crippen LogP contribution in [0.25, 0.3) is 0 Å². The average molecular weight is 459 g/mol. The Hall–Kier alpha value is -3.19. The van der Waals surface area contributed by atoms with E-state index < -0.39 is 5.97 Å². The van der Waals surface area contributed by atoms with Crippen LogP contribution in [0.5, 0.6) is 0 Å². The third kappa shape index (κ3) is 8.89. The van der Waals surface area contributed by atoms with E-state index in [0.717, 1.165) is 0 Å². The summed E-state index contributed by atoms with van der Waals surface area (Å²) >= 11 is 5.79. The molecule has 7 nitrogen and oxygen atoms in total. The summed E-state index contributed by atoms with van der Waals surface area (Å²) in [7, 11) is 0. The average Bonchev–Trinajstić information content (AvgIpc) is 2.75. The van der Waals surface area contributed by atoms with Crippen molar-refractivity contribution in [3.63, 3.8) is 0 Å². The SMILES string of the molecule is CC(C)CC(=O)Nc1ccc(C(=O)COC(=O)CCCNC(=O)c2ccc(Cl)cc2)cc1. The van der Waals surface area contributed by atoms with Gasteiger partial charge in [0.05, 0.1) is 0 Å². The van der Waals surface area contributed by atoms with E-state index in [0.29, 0.717) is 41.2 Å². The Labute approximate surface area is 192 Å². The number of hydrogen-bond donors (Lipinski definition) is 2. The molecule has 0 spiro atoms. The van der Waals surface area contributed by atoms with Gasteiger partial charge in [0.2, 0.25) is 5.91 Å². The lowest BCUT2D eigenvalue weighted by molar-refractivity contribution is -0.142. The molecule has 170 valence electrons. The fourth-order valence-corrected chi connectivity index (χ4v) is 2.89. The minimum Gasteiger partial charge on any atom is -0.457 e. The molecule has 0 heterocycles. The summed E-state index contributed by atoms with van der Waals surface area (Å²) in [6.45, 7) is 3.85. The lowest BCUT2D eigenvalue weighted by atomic mass is 10.1. The number of benzene rings is 2. The smallest absolute Gasteiger partial charge is 0.306 e. The first-order chi connectivity index (χ1) is 15.2. The fraction of sp³-hybridized carbons (Fsp3) is 0.333. The van der Waals surface area contributed by atoms with Crippen LogP contribution in [0.2, 0.25) is 5.02 Å². The van der Waals surface area contributed by atoms with Crippen molar-refractivity contribution in [3.05, 3.63) is 64.7 Å². The van der Waals surface area contributed by atoms with Gasteiger partial charge in [-0.25, -0.2) is 0 Å². The quantitative estimate of drug-likeness (QED) is 0.297. The first-order valence-corrected chi connectivity index (χ1v) is 10.7. The molecule has 0 fully saturated rings. The van der Waals surface area contributed by atoms with Crippen LogP contribution in [-0.2, 0) is 14.3 Å². The van der Waals surface area contributed by atoms with Gasteiger partial charge >= 0.3 is 5.97 Å². The Bertz CT molecular complexity index is 940. The summed E-state index contributed by atoms with van der Waals surface area (Å²) in [4.78, 5) is 47.8. The zero-order chi connectivity index (χ0) is 23.5. The lowest BCUT2D eigenvalue weighted by Gasteiger charge is -2.08. The second-order valence-corrected chi connectivity index (χ2v) is 8.11. The summed E-state index contributed by atoms with van der Waals surface area (Å²) in [5.74, 6) is -0.942. The predicted molar refractivity (Wildman–Crippen MR) is 123 cm³/mol. The van der Waals surface area contributed by atoms with E-state index in [4.69, 9.17) is 16.3 Å². The highest BCUT2D eigenvalue weighted by Gasteiger charge is 2.11. The van der Waals surface area contributed by atoms with Gasteiger partial charge in [0, 0.05) is 41.2 Å². The second-order valence-electron chi connectivity index (χ2n) is 7.67. The van der Waals surface area contributed by atoms with Crippen molar-refractivity contribution in [1.82, 2.24) is 5.32 Å². The Kier molecular flexibility index (Phi) is 9.88. The molecule has 2 amide bonds. The van der Waals surface area contributed by atoms with Gasteiger partial charge in [-0.15, -0.1) is 0 Å². The van der Waals surface area contributed by atoms with Gasteiger partial charge in [0.15, 0.2) is 12.4 Å². The number of hydrogen-bond acceptors (Lipinski definition) is 5. The molecular weight excluding hydrogens is 432 g/mol. The number of Topliss-reactive ketones (excluding diaryl/α,β-unsaturated/α-hetero) is 1. The largest absolute Gasteiger partial charge is 0.457 e. The number of anilines is 1. The first kappa shape index (κ1) is 25.1. The summed E-state index contributed by atoms with van der Waals surface area (Å²) in [6, 6.07) is 12.9. The lowest BCUT2D eigenvalue weighted by Crippen LogP contribution is -2.25. The maximum Gasteiger partial charge on any atom is 0.306 e. The van der Waals surface area contributed by atoms with Crippen molar-refractivity contribution in [2.75, 3.05) is 18.5 Å². The van der Waals surface area contributed by atoms with Gasteiger partial charge in [-0.1, -0.05) is 25.4 Å². The molecule has 2 aromatic carbocycles. The molecule has 0 aliphatic carbocycles. The highest BCUT2D eigenvalue weighted by Crippen LogP contribution is 2.12. The Morgan fingerprint density at radius 1 is 0.938 bits per heavy atom. The van der Waals surface area contributed by atoms with E-state index in [9.17, 15) is 19.2 Å². The summed E-state index contributed by atoms with van der Waals surface area (Å²) in [5.41, 5.74) is 1.47. The second kappa shape index (κ2) is 12.6. The normalized spacial score (nSPS) is 10.5. The Morgan fingerprint density at radius 2 is 1.56 bits per heavy atom. The standard InChI is InChI=1S/C24H27ClN2O5/c1-16(2)14-22(29)27-20-11-7-17(8-12-20)21(28)15-32-23(30)4-3-13-26-24(31)18-5-9-19(25)10-6-18/h5-12,16H,3-4,13-15H2,1-2H3,(H,26,31)(H,27,29). The molecule has 0 aliphatic rings. The van der Waals surface area contributed by atoms with E-state index in [1.54, 1.807) is 48.5 Å². The van der Waals surface area contributed by atoms with Crippen LogP contribution in [0, 0.1) is 5.92 Å². The van der Waals surface area contributed by atoms with Crippen molar-refractivity contribution < 1.29 is 23.9 Å². The van der Waals surface area contributed by atoms with Crippen LogP contribution < -0.4 is 10.6 Å². The van der Waals surface area contributed by atoms with E-state index >= 15 is 0 Å². The number of nitrogens with one attached hydrogen (secondary N) is 2. The van der Waals surface area contributed by atoms with Gasteiger partial charge in [0.1, 0.15) is 0 Å². The monoisotopic (exact) mass is 458 g/mol. The molecule has 2 N–H and O–H groups in total. The van der Waals surface area contributed by atoms with Crippen LogP contribution in [0.15, 0.2) is 48.5 Å². The topological polar surface area (TPSA) is 102 Å². The first-order valence-electron chi connectivity index (χ1n) is 10.4. The number of ketones is 1. The minimum absolute atomic E-state index is 0.0784. The summed E-state index contributed by atoms with van der Waals surface area (Å²) in [5, 5.41) is 6.02. The highest BCUT2D eigenvalue weighted by molar-refractivity contribution is 6.30. The van der Waals surface area contributed by atoms with Crippen molar-refractivity contribution in [2.24, 2.45) is 5.92 Å². The van der Waals surface area contributed by atoms with E-state index in [1.165, 1.54) is 0 Å². The molecular formula is C24H27ClN2O5. The molecule has 0 aromatic heterocycles. The van der Waals surface area contributed by atoms with Crippen molar-refractivity contribution >= 4 is 40.9 Å². The molecule has 0 aliphatic heterocycles. The van der Waals surface area contributed by atoms with Crippen LogP contribution >= 0.6 is 11.6 Å². The number of ether oxygens (including phenoxy) is 1. The van der Waals surface area contributed by atoms with Crippen molar-refractivity contribution in [2.45, 2.75) is 33.1 Å². The van der Waals surface area contributed by atoms with E-state index in [1.807, 2.05) is 13.8 Å². The Morgan fingerprint density at radius 3 is 2.19 bits per heavy atom. The molecule has 0 bridgehead atoms. The molecule has 0 saturated heterocycles. The van der Waals surface area contributed by atoms with Gasteiger partial charge in [0.25, 0.3) is 5.91 Å². The van der Waals surface area contributed by atoms with Gasteiger partial charge < -0.3 is 15.4 Å². The number of halogens is 1. The number of carbonyl (C=O) groups is 4. The molecule has 32 heavy (non-hydrogen) atoms. The fourth-order valence-electron chi connectivity index (χ4n) is 2.76. The maximum atomic E-state index is 12.2. The van der Waals surface area contributed by atoms with Crippen molar-refractivity contribution in [3.8, 4) is 0 Å². The number of carbonyl (C=O) groups excluding carboxylic acids is 4. The van der Waals surface area contributed by atoms with E-state index in [-0.39, 0.29) is 36.5 Å². The van der Waals surface area contributed by atoms with Gasteiger partial charge in [-0.3, -0.25) is 19.2 Å². The molecule has 2 rings (SSSR count). The van der Waals surface area contributed by atoms with E-state index in [2.05, 4.69) is 10.6 Å². The third-order valence-corrected chi connectivity index (χ3v) is 4.65. The number of amides is 2. The third-order valence-electron chi connectivity index (χ3n) is 4.40. The van der Waals surface area contributed by atoms with Crippen LogP contribution in [0.3, 0.4) is 0 Å². The zero-order valence-electron chi connectivity index (χ0n) is 18.2. The molecule has 2 aromatic rings. The maximum absolute atomic E-state index is 12.2. The van der Waals surface area contributed by atoms with Crippen molar-refractivity contribution in [1.29, 1.82) is 0 Å². The molecule has 0 unspecified atom stereocenters. The molecule has 0 radical (unpaired) electrons. The van der Waals surface area contributed by atoms with Gasteiger partial charge in [-0.05, 0) is 60.9 Å². The van der Waals surface area contributed by atoms with Gasteiger partial charge in [-0.2, -0.15) is 0 Å². The number of esters is 1. The minimum atomic E-state index is -0.517. The predicted octanol–water partition coefficient (Wildman–Crippen LogP) is 4.26. The Balaban J connectivity index is 1.66. The summed E-state index contributed by atoms with van der Waals surface area (Å²) in [6.07, 6.45) is 0.883. The van der Waals surface area contributed by atoms with Crippen LogP contribution in [-0.4, -0.2) is 36.7 Å². The molecule has 8 heteroatoms. The van der Waals surface area contributed by atoms with Crippen LogP contribution in [0.4, 0.5) is 5.69 Å². The molecule has 0 saturated carbocycles. The molecule has 0 atom stereocenters.